The lowest BCUT2D eigenvalue weighted by atomic mass is 9.93. The molecule has 6 aromatic rings. The van der Waals surface area contributed by atoms with Crippen LogP contribution in [0.5, 0.6) is 0 Å². The van der Waals surface area contributed by atoms with Gasteiger partial charge in [0.05, 0.1) is 45.9 Å². The minimum Gasteiger partial charge on any atom is -0.308 e. The van der Waals surface area contributed by atoms with Crippen LogP contribution in [-0.4, -0.2) is 4.57 Å². The summed E-state index contributed by atoms with van der Waals surface area (Å²) in [6, 6.07) is 42.0. The fourth-order valence-corrected chi connectivity index (χ4v) is 5.21. The second-order valence-corrected chi connectivity index (χ2v) is 8.68. The van der Waals surface area contributed by atoms with Crippen molar-refractivity contribution in [3.05, 3.63) is 126 Å². The molecule has 5 aromatic carbocycles. The van der Waals surface area contributed by atoms with Crippen molar-refractivity contribution in [2.45, 2.75) is 0 Å². The minimum absolute atomic E-state index is 0.450. The second kappa shape index (κ2) is 8.86. The fraction of sp³-hybridized carbons (Fsp3) is 0. The van der Waals surface area contributed by atoms with Gasteiger partial charge in [-0.3, -0.25) is 0 Å². The summed E-state index contributed by atoms with van der Waals surface area (Å²) in [6.45, 7) is 0. The first-order valence-electron chi connectivity index (χ1n) is 11.8. The van der Waals surface area contributed by atoms with E-state index in [9.17, 15) is 15.8 Å². The van der Waals surface area contributed by atoms with Gasteiger partial charge in [-0.2, -0.15) is 15.8 Å². The highest BCUT2D eigenvalue weighted by molar-refractivity contribution is 6.17. The number of nitriles is 3. The van der Waals surface area contributed by atoms with Crippen LogP contribution in [-0.2, 0) is 0 Å². The van der Waals surface area contributed by atoms with Gasteiger partial charge in [0.1, 0.15) is 0 Å². The Labute approximate surface area is 214 Å². The van der Waals surface area contributed by atoms with Gasteiger partial charge in [0.15, 0.2) is 0 Å². The SMILES string of the molecule is N#Cc1ccccc1-c1cccc2c3cccc(-c4c(C#N)cccc4C#N)c3n(-c3ccccc3)c12. The average Bonchev–Trinajstić information content (AvgIpc) is 3.32. The molecule has 0 amide bonds. The smallest absolute Gasteiger partial charge is 0.0998 e. The van der Waals surface area contributed by atoms with Crippen molar-refractivity contribution in [3.63, 3.8) is 0 Å². The third-order valence-electron chi connectivity index (χ3n) is 6.74. The largest absolute Gasteiger partial charge is 0.308 e. The molecule has 0 N–H and O–H groups in total. The fourth-order valence-electron chi connectivity index (χ4n) is 5.21. The van der Waals surface area contributed by atoms with Crippen LogP contribution in [0.3, 0.4) is 0 Å². The number of fused-ring (bicyclic) bond motifs is 3. The van der Waals surface area contributed by atoms with Crippen molar-refractivity contribution in [2.75, 3.05) is 0 Å². The molecular weight excluding hydrogens is 452 g/mol. The van der Waals surface area contributed by atoms with E-state index in [4.69, 9.17) is 0 Å². The summed E-state index contributed by atoms with van der Waals surface area (Å²) in [6.07, 6.45) is 0. The van der Waals surface area contributed by atoms with Gasteiger partial charge in [0, 0.05) is 38.7 Å². The molecule has 1 heterocycles. The monoisotopic (exact) mass is 470 g/mol. The molecule has 4 heteroatoms. The third-order valence-corrected chi connectivity index (χ3v) is 6.74. The molecule has 170 valence electrons. The number of rotatable bonds is 3. The van der Waals surface area contributed by atoms with Crippen LogP contribution >= 0.6 is 0 Å². The molecule has 0 bridgehead atoms. The van der Waals surface area contributed by atoms with Crippen LogP contribution in [0.2, 0.25) is 0 Å². The summed E-state index contributed by atoms with van der Waals surface area (Å²) in [5.41, 5.74) is 7.55. The van der Waals surface area contributed by atoms with Gasteiger partial charge in [-0.25, -0.2) is 0 Å². The third kappa shape index (κ3) is 3.35. The van der Waals surface area contributed by atoms with Crippen molar-refractivity contribution in [3.8, 4) is 46.1 Å². The molecule has 0 aliphatic rings. The molecule has 0 atom stereocenters. The van der Waals surface area contributed by atoms with Crippen molar-refractivity contribution in [2.24, 2.45) is 0 Å². The first-order valence-corrected chi connectivity index (χ1v) is 11.8. The van der Waals surface area contributed by atoms with Crippen LogP contribution in [0, 0.1) is 34.0 Å². The van der Waals surface area contributed by atoms with Gasteiger partial charge in [0.2, 0.25) is 0 Å². The number of hydrogen-bond acceptors (Lipinski definition) is 3. The molecule has 0 fully saturated rings. The molecule has 6 rings (SSSR count). The Morgan fingerprint density at radius 2 is 0.919 bits per heavy atom. The Bertz CT molecular complexity index is 1930. The van der Waals surface area contributed by atoms with E-state index in [1.807, 2.05) is 78.9 Å². The molecular formula is C33H18N4. The zero-order chi connectivity index (χ0) is 25.4. The summed E-state index contributed by atoms with van der Waals surface area (Å²) in [7, 11) is 0. The minimum atomic E-state index is 0.450. The van der Waals surface area contributed by atoms with Crippen molar-refractivity contribution in [1.29, 1.82) is 15.8 Å². The lowest BCUT2D eigenvalue weighted by molar-refractivity contribution is 1.18. The highest BCUT2D eigenvalue weighted by Crippen LogP contribution is 2.43. The first kappa shape index (κ1) is 21.9. The van der Waals surface area contributed by atoms with E-state index in [1.165, 1.54) is 0 Å². The van der Waals surface area contributed by atoms with Gasteiger partial charge >= 0.3 is 0 Å². The molecule has 0 unspecified atom stereocenters. The van der Waals surface area contributed by atoms with Crippen LogP contribution < -0.4 is 0 Å². The number of benzene rings is 5. The lowest BCUT2D eigenvalue weighted by Crippen LogP contribution is -1.98. The maximum atomic E-state index is 9.95. The molecule has 37 heavy (non-hydrogen) atoms. The zero-order valence-electron chi connectivity index (χ0n) is 19.7. The molecule has 0 saturated carbocycles. The Morgan fingerprint density at radius 3 is 1.57 bits per heavy atom. The number of hydrogen-bond donors (Lipinski definition) is 0. The predicted molar refractivity (Wildman–Crippen MR) is 146 cm³/mol. The molecule has 0 spiro atoms. The Morgan fingerprint density at radius 1 is 0.432 bits per heavy atom. The van der Waals surface area contributed by atoms with Gasteiger partial charge < -0.3 is 4.57 Å². The second-order valence-electron chi connectivity index (χ2n) is 8.68. The van der Waals surface area contributed by atoms with Gasteiger partial charge in [-0.05, 0) is 30.3 Å². The average molecular weight is 471 g/mol. The predicted octanol–water partition coefficient (Wildman–Crippen LogP) is 7.73. The van der Waals surface area contributed by atoms with Gasteiger partial charge in [-0.1, -0.05) is 78.9 Å². The summed E-state index contributed by atoms with van der Waals surface area (Å²) < 4.78 is 2.19. The normalized spacial score (nSPS) is 10.6. The lowest BCUT2D eigenvalue weighted by Gasteiger charge is -2.15. The maximum absolute atomic E-state index is 9.95. The Kier molecular flexibility index (Phi) is 5.24. The molecule has 1 aromatic heterocycles. The Balaban J connectivity index is 1.87. The van der Waals surface area contributed by atoms with E-state index >= 15 is 0 Å². The first-order chi connectivity index (χ1) is 18.3. The van der Waals surface area contributed by atoms with Crippen LogP contribution in [0.1, 0.15) is 16.7 Å². The highest BCUT2D eigenvalue weighted by Gasteiger charge is 2.22. The summed E-state index contributed by atoms with van der Waals surface area (Å²) in [5.74, 6) is 0. The van der Waals surface area contributed by atoms with Crippen LogP contribution in [0.4, 0.5) is 0 Å². The van der Waals surface area contributed by atoms with Gasteiger partial charge in [-0.15, -0.1) is 0 Å². The van der Waals surface area contributed by atoms with E-state index in [0.29, 0.717) is 22.3 Å². The van der Waals surface area contributed by atoms with E-state index in [2.05, 4.69) is 34.9 Å². The van der Waals surface area contributed by atoms with Crippen molar-refractivity contribution < 1.29 is 0 Å². The molecule has 4 nitrogen and oxygen atoms in total. The van der Waals surface area contributed by atoms with Crippen LogP contribution in [0.15, 0.2) is 109 Å². The van der Waals surface area contributed by atoms with E-state index in [1.54, 1.807) is 18.2 Å². The number of aromatic nitrogens is 1. The molecule has 0 aliphatic heterocycles. The highest BCUT2D eigenvalue weighted by atomic mass is 15.0. The van der Waals surface area contributed by atoms with E-state index in [0.717, 1.165) is 44.2 Å². The summed E-state index contributed by atoms with van der Waals surface area (Å²) in [4.78, 5) is 0. The van der Waals surface area contributed by atoms with Gasteiger partial charge in [0.25, 0.3) is 0 Å². The van der Waals surface area contributed by atoms with Crippen molar-refractivity contribution >= 4 is 21.8 Å². The number of nitrogens with zero attached hydrogens (tertiary/aromatic N) is 4. The zero-order valence-corrected chi connectivity index (χ0v) is 19.7. The van der Waals surface area contributed by atoms with Crippen molar-refractivity contribution in [1.82, 2.24) is 4.57 Å². The summed E-state index contributed by atoms with van der Waals surface area (Å²) >= 11 is 0. The molecule has 0 radical (unpaired) electrons. The number of para-hydroxylation sites is 3. The summed E-state index contributed by atoms with van der Waals surface area (Å²) in [5, 5.41) is 31.8. The molecule has 0 saturated heterocycles. The standard InChI is InChI=1S/C33H18N4/c34-19-22-9-4-5-14-26(22)27-15-7-16-28-29-17-8-18-30(31-23(20-35)10-6-11-24(31)21-36)33(29)37(32(27)28)25-12-2-1-3-13-25/h1-18H. The quantitative estimate of drug-likeness (QED) is 0.265. The van der Waals surface area contributed by atoms with E-state index < -0.39 is 0 Å². The van der Waals surface area contributed by atoms with Crippen LogP contribution in [0.25, 0.3) is 49.7 Å². The maximum Gasteiger partial charge on any atom is 0.0998 e. The molecule has 0 aliphatic carbocycles. The van der Waals surface area contributed by atoms with E-state index in [-0.39, 0.29) is 0 Å². The Hall–Kier alpha value is -5.63. The topological polar surface area (TPSA) is 76.3 Å².